The predicted octanol–water partition coefficient (Wildman–Crippen LogP) is 4.28. The monoisotopic (exact) mass is 402 g/mol. The van der Waals surface area contributed by atoms with Crippen molar-refractivity contribution >= 4 is 22.6 Å². The van der Waals surface area contributed by atoms with Gasteiger partial charge in [-0.2, -0.15) is 0 Å². The Morgan fingerprint density at radius 2 is 1.70 bits per heavy atom. The summed E-state index contributed by atoms with van der Waals surface area (Å²) < 4.78 is 0. The summed E-state index contributed by atoms with van der Waals surface area (Å²) in [6.45, 7) is 2.59. The number of carbonyl (C=O) groups excluding carboxylic acids is 1. The Hall–Kier alpha value is -3.18. The van der Waals surface area contributed by atoms with Crippen LogP contribution in [0.25, 0.3) is 10.8 Å². The average Bonchev–Trinajstić information content (AvgIpc) is 2.74. The van der Waals surface area contributed by atoms with Gasteiger partial charge in [-0.05, 0) is 53.8 Å². The maximum Gasteiger partial charge on any atom is 0.335 e. The molecule has 3 aromatic rings. The van der Waals surface area contributed by atoms with Crippen molar-refractivity contribution in [3.8, 4) is 0 Å². The number of benzene rings is 3. The summed E-state index contributed by atoms with van der Waals surface area (Å²) in [4.78, 5) is 23.3. The van der Waals surface area contributed by atoms with Crippen LogP contribution in [0.3, 0.4) is 0 Å². The summed E-state index contributed by atoms with van der Waals surface area (Å²) in [7, 11) is 0. The van der Waals surface area contributed by atoms with E-state index in [0.717, 1.165) is 18.4 Å². The fourth-order valence-electron chi connectivity index (χ4n) is 4.14. The number of nitrogens with one attached hydrogen (secondary N) is 2. The van der Waals surface area contributed by atoms with Crippen LogP contribution in [0.1, 0.15) is 47.3 Å². The van der Waals surface area contributed by atoms with E-state index >= 15 is 0 Å². The normalized spacial score (nSPS) is 19.1. The third kappa shape index (κ3) is 4.36. The van der Waals surface area contributed by atoms with E-state index in [1.165, 1.54) is 16.3 Å². The Labute approximate surface area is 176 Å². The Balaban J connectivity index is 1.26. The molecule has 1 fully saturated rings. The molecular weight excluding hydrogens is 376 g/mol. The Morgan fingerprint density at radius 3 is 2.43 bits per heavy atom. The van der Waals surface area contributed by atoms with Crippen LogP contribution in [0.5, 0.6) is 0 Å². The maximum atomic E-state index is 12.4. The highest BCUT2D eigenvalue weighted by Crippen LogP contribution is 2.31. The summed E-state index contributed by atoms with van der Waals surface area (Å²) in [6, 6.07) is 21.9. The number of carboxylic acid groups (broad SMARTS) is 1. The number of hydrogen-bond donors (Lipinski definition) is 3. The van der Waals surface area contributed by atoms with E-state index in [1.807, 2.05) is 0 Å². The SMILES string of the molecule is C[C@@H](NC1CC(C(=O)NCc2ccc(C(=O)O)cc2)C1)c1cccc2ccccc12. The third-order valence-electron chi connectivity index (χ3n) is 5.95. The van der Waals surface area contributed by atoms with E-state index in [2.05, 4.69) is 60.0 Å². The van der Waals surface area contributed by atoms with E-state index in [4.69, 9.17) is 5.11 Å². The molecule has 0 radical (unpaired) electrons. The van der Waals surface area contributed by atoms with Crippen molar-refractivity contribution in [2.45, 2.75) is 38.4 Å². The maximum absolute atomic E-state index is 12.4. The largest absolute Gasteiger partial charge is 0.478 e. The summed E-state index contributed by atoms with van der Waals surface area (Å²) in [5.41, 5.74) is 2.43. The van der Waals surface area contributed by atoms with Crippen LogP contribution >= 0.6 is 0 Å². The first kappa shape index (κ1) is 20.1. The van der Waals surface area contributed by atoms with Crippen LogP contribution in [0.2, 0.25) is 0 Å². The molecule has 0 aromatic heterocycles. The molecule has 0 heterocycles. The quantitative estimate of drug-likeness (QED) is 0.551. The smallest absolute Gasteiger partial charge is 0.335 e. The fraction of sp³-hybridized carbons (Fsp3) is 0.280. The first-order valence-corrected chi connectivity index (χ1v) is 10.3. The number of fused-ring (bicyclic) bond motifs is 1. The summed E-state index contributed by atoms with van der Waals surface area (Å²) in [5, 5.41) is 18.1. The van der Waals surface area contributed by atoms with Crippen LogP contribution in [0.15, 0.2) is 66.7 Å². The number of aromatic carboxylic acids is 1. The number of carboxylic acids is 1. The molecule has 3 N–H and O–H groups in total. The molecule has 3 aromatic carbocycles. The second kappa shape index (κ2) is 8.67. The minimum absolute atomic E-state index is 0.0283. The van der Waals surface area contributed by atoms with Crippen molar-refractivity contribution in [2.75, 3.05) is 0 Å². The van der Waals surface area contributed by atoms with Gasteiger partial charge in [0.05, 0.1) is 5.56 Å². The molecule has 1 aliphatic carbocycles. The third-order valence-corrected chi connectivity index (χ3v) is 5.95. The fourth-order valence-corrected chi connectivity index (χ4v) is 4.14. The molecule has 154 valence electrons. The molecule has 5 nitrogen and oxygen atoms in total. The highest BCUT2D eigenvalue weighted by molar-refractivity contribution is 5.87. The summed E-state index contributed by atoms with van der Waals surface area (Å²) in [5.74, 6) is -0.856. The first-order valence-electron chi connectivity index (χ1n) is 10.3. The zero-order valence-electron chi connectivity index (χ0n) is 17.0. The Kier molecular flexibility index (Phi) is 5.81. The van der Waals surface area contributed by atoms with E-state index in [9.17, 15) is 9.59 Å². The van der Waals surface area contributed by atoms with E-state index in [-0.39, 0.29) is 23.4 Å². The van der Waals surface area contributed by atoms with Crippen molar-refractivity contribution in [2.24, 2.45) is 5.92 Å². The van der Waals surface area contributed by atoms with Gasteiger partial charge in [-0.15, -0.1) is 0 Å². The molecule has 1 saturated carbocycles. The van der Waals surface area contributed by atoms with E-state index < -0.39 is 5.97 Å². The molecule has 0 saturated heterocycles. The van der Waals surface area contributed by atoms with Gasteiger partial charge >= 0.3 is 5.97 Å². The van der Waals surface area contributed by atoms with Crippen molar-refractivity contribution in [1.82, 2.24) is 10.6 Å². The van der Waals surface area contributed by atoms with Crippen LogP contribution in [0.4, 0.5) is 0 Å². The molecule has 0 bridgehead atoms. The number of amides is 1. The molecule has 5 heteroatoms. The predicted molar refractivity (Wildman–Crippen MR) is 117 cm³/mol. The molecule has 0 spiro atoms. The van der Waals surface area contributed by atoms with Gasteiger partial charge in [0.2, 0.25) is 5.91 Å². The zero-order valence-corrected chi connectivity index (χ0v) is 17.0. The number of carbonyl (C=O) groups is 2. The van der Waals surface area contributed by atoms with Gasteiger partial charge < -0.3 is 15.7 Å². The molecule has 30 heavy (non-hydrogen) atoms. The lowest BCUT2D eigenvalue weighted by atomic mass is 9.79. The molecule has 4 rings (SSSR count). The van der Waals surface area contributed by atoms with Crippen molar-refractivity contribution in [1.29, 1.82) is 0 Å². The highest BCUT2D eigenvalue weighted by Gasteiger charge is 2.35. The van der Waals surface area contributed by atoms with Crippen molar-refractivity contribution < 1.29 is 14.7 Å². The van der Waals surface area contributed by atoms with Gasteiger partial charge in [0.25, 0.3) is 0 Å². The van der Waals surface area contributed by atoms with Gasteiger partial charge in [0.1, 0.15) is 0 Å². The van der Waals surface area contributed by atoms with Crippen LogP contribution in [-0.2, 0) is 11.3 Å². The minimum Gasteiger partial charge on any atom is -0.478 e. The lowest BCUT2D eigenvalue weighted by Gasteiger charge is -2.37. The standard InChI is InChI=1S/C25H26N2O3/c1-16(22-8-4-6-18-5-2-3-7-23(18)22)27-21-13-20(14-21)24(28)26-15-17-9-11-19(12-10-17)25(29)30/h2-12,16,20-21,27H,13-15H2,1H3,(H,26,28)(H,29,30)/t16-,20?,21?/m1/s1. The lowest BCUT2D eigenvalue weighted by Crippen LogP contribution is -2.48. The first-order chi connectivity index (χ1) is 14.5. The van der Waals surface area contributed by atoms with Crippen molar-refractivity contribution in [3.05, 3.63) is 83.4 Å². The van der Waals surface area contributed by atoms with Crippen molar-refractivity contribution in [3.63, 3.8) is 0 Å². The molecular formula is C25H26N2O3. The van der Waals surface area contributed by atoms with E-state index in [1.54, 1.807) is 24.3 Å². The second-order valence-electron chi connectivity index (χ2n) is 8.04. The Morgan fingerprint density at radius 1 is 1.00 bits per heavy atom. The Bertz CT molecular complexity index is 1050. The van der Waals surface area contributed by atoms with E-state index in [0.29, 0.717) is 12.6 Å². The molecule has 1 atom stereocenters. The van der Waals surface area contributed by atoms with Gasteiger partial charge in [-0.25, -0.2) is 4.79 Å². The zero-order chi connectivity index (χ0) is 21.1. The second-order valence-corrected chi connectivity index (χ2v) is 8.04. The van der Waals surface area contributed by atoms with Gasteiger partial charge in [0, 0.05) is 24.5 Å². The number of hydrogen-bond acceptors (Lipinski definition) is 3. The summed E-state index contributed by atoms with van der Waals surface area (Å²) in [6.07, 6.45) is 1.66. The molecule has 0 aliphatic heterocycles. The van der Waals surface area contributed by atoms with Crippen LogP contribution < -0.4 is 10.6 Å². The van der Waals surface area contributed by atoms with Gasteiger partial charge in [-0.1, -0.05) is 54.6 Å². The average molecular weight is 402 g/mol. The van der Waals surface area contributed by atoms with Gasteiger partial charge in [0.15, 0.2) is 0 Å². The molecule has 1 aliphatic rings. The minimum atomic E-state index is -0.948. The molecule has 0 unspecified atom stereocenters. The topological polar surface area (TPSA) is 78.4 Å². The van der Waals surface area contributed by atoms with Crippen LogP contribution in [-0.4, -0.2) is 23.0 Å². The van der Waals surface area contributed by atoms with Gasteiger partial charge in [-0.3, -0.25) is 4.79 Å². The van der Waals surface area contributed by atoms with Crippen LogP contribution in [0, 0.1) is 5.92 Å². The summed E-state index contributed by atoms with van der Waals surface area (Å²) >= 11 is 0. The number of rotatable bonds is 7. The lowest BCUT2D eigenvalue weighted by molar-refractivity contribution is -0.128. The highest BCUT2D eigenvalue weighted by atomic mass is 16.4. The molecule has 1 amide bonds.